The Morgan fingerprint density at radius 3 is 2.21 bits per heavy atom. The second-order valence-corrected chi connectivity index (χ2v) is 6.13. The monoisotopic (exact) mass is 260 g/mol. The maximum absolute atomic E-state index is 11.2. The first kappa shape index (κ1) is 15.9. The summed E-state index contributed by atoms with van der Waals surface area (Å²) in [5.74, 6) is 1.10. The number of hydrogen-bond donors (Lipinski definition) is 0. The summed E-state index contributed by atoms with van der Waals surface area (Å²) in [7, 11) is 0. The van der Waals surface area contributed by atoms with E-state index in [1.54, 1.807) is 6.92 Å². The summed E-state index contributed by atoms with van der Waals surface area (Å²) >= 11 is 0. The van der Waals surface area contributed by atoms with Crippen molar-refractivity contribution in [3.8, 4) is 0 Å². The van der Waals surface area contributed by atoms with Gasteiger partial charge >= 0.3 is 0 Å². The van der Waals surface area contributed by atoms with Gasteiger partial charge in [-0.1, -0.05) is 35.5 Å². The highest BCUT2D eigenvalue weighted by Crippen LogP contribution is 2.45. The third-order valence-corrected chi connectivity index (χ3v) is 3.89. The fraction of sp³-hybridized carbons (Fsp3) is 0.611. The fourth-order valence-electron chi connectivity index (χ4n) is 2.48. The molecule has 0 aromatic rings. The van der Waals surface area contributed by atoms with Crippen LogP contribution < -0.4 is 0 Å². The Morgan fingerprint density at radius 2 is 1.68 bits per heavy atom. The molecule has 0 bridgehead atoms. The van der Waals surface area contributed by atoms with Gasteiger partial charge in [-0.05, 0) is 65.7 Å². The van der Waals surface area contributed by atoms with Crippen LogP contribution >= 0.6 is 0 Å². The lowest BCUT2D eigenvalue weighted by molar-refractivity contribution is -0.118. The average Bonchev–Trinajstić information content (AvgIpc) is 3.08. The van der Waals surface area contributed by atoms with E-state index in [2.05, 4.69) is 39.5 Å². The van der Waals surface area contributed by atoms with E-state index in [1.165, 1.54) is 16.7 Å². The predicted octanol–water partition coefficient (Wildman–Crippen LogP) is 5.24. The molecule has 0 aromatic heterocycles. The lowest BCUT2D eigenvalue weighted by Gasteiger charge is -2.03. The van der Waals surface area contributed by atoms with Gasteiger partial charge < -0.3 is 0 Å². The van der Waals surface area contributed by atoms with Gasteiger partial charge in [0.05, 0.1) is 0 Å². The van der Waals surface area contributed by atoms with Crippen LogP contribution in [0, 0.1) is 11.8 Å². The van der Waals surface area contributed by atoms with Gasteiger partial charge in [-0.3, -0.25) is 4.79 Å². The molecule has 1 saturated carbocycles. The maximum atomic E-state index is 11.2. The van der Waals surface area contributed by atoms with Crippen molar-refractivity contribution in [3.05, 3.63) is 35.5 Å². The first-order valence-electron chi connectivity index (χ1n) is 7.39. The zero-order valence-electron chi connectivity index (χ0n) is 13.0. The second-order valence-electron chi connectivity index (χ2n) is 6.13. The molecule has 106 valence electrons. The normalized spacial score (nSPS) is 22.0. The van der Waals surface area contributed by atoms with Crippen molar-refractivity contribution in [1.29, 1.82) is 0 Å². The van der Waals surface area contributed by atoms with Gasteiger partial charge in [-0.2, -0.15) is 0 Å². The molecule has 2 unspecified atom stereocenters. The number of Topliss-reactive ketones (excluding diaryl/α,β-unsaturated/α-hetero) is 1. The van der Waals surface area contributed by atoms with E-state index in [1.807, 2.05) is 0 Å². The SMILES string of the molecule is C=C(CCC=C(C)CCC=C(C)C)C1CC1C(C)=O. The highest BCUT2D eigenvalue weighted by Gasteiger charge is 2.41. The molecule has 1 aliphatic rings. The van der Waals surface area contributed by atoms with Crippen LogP contribution in [-0.4, -0.2) is 5.78 Å². The van der Waals surface area contributed by atoms with Crippen LogP contribution in [0.25, 0.3) is 0 Å². The zero-order valence-corrected chi connectivity index (χ0v) is 13.0. The van der Waals surface area contributed by atoms with Gasteiger partial charge in [-0.15, -0.1) is 0 Å². The van der Waals surface area contributed by atoms with Crippen LogP contribution in [0.1, 0.15) is 59.8 Å². The van der Waals surface area contributed by atoms with Crippen molar-refractivity contribution < 1.29 is 4.79 Å². The highest BCUT2D eigenvalue weighted by molar-refractivity contribution is 5.81. The maximum Gasteiger partial charge on any atom is 0.133 e. The molecule has 0 spiro atoms. The number of allylic oxidation sites excluding steroid dienone is 5. The van der Waals surface area contributed by atoms with E-state index < -0.39 is 0 Å². The van der Waals surface area contributed by atoms with E-state index >= 15 is 0 Å². The summed E-state index contributed by atoms with van der Waals surface area (Å²) in [5.41, 5.74) is 4.13. The van der Waals surface area contributed by atoms with E-state index in [4.69, 9.17) is 0 Å². The number of carbonyl (C=O) groups excluding carboxylic acids is 1. The van der Waals surface area contributed by atoms with Gasteiger partial charge in [-0.25, -0.2) is 0 Å². The van der Waals surface area contributed by atoms with E-state index in [9.17, 15) is 4.79 Å². The summed E-state index contributed by atoms with van der Waals surface area (Å²) < 4.78 is 0. The van der Waals surface area contributed by atoms with Gasteiger partial charge in [0.25, 0.3) is 0 Å². The van der Waals surface area contributed by atoms with Crippen molar-refractivity contribution in [3.63, 3.8) is 0 Å². The summed E-state index contributed by atoms with van der Waals surface area (Å²) in [6.45, 7) is 12.3. The van der Waals surface area contributed by atoms with Crippen LogP contribution in [0.2, 0.25) is 0 Å². The lowest BCUT2D eigenvalue weighted by atomic mass is 10.0. The number of hydrogen-bond acceptors (Lipinski definition) is 1. The topological polar surface area (TPSA) is 17.1 Å². The molecule has 1 nitrogen and oxygen atoms in total. The number of ketones is 1. The minimum absolute atomic E-state index is 0.287. The van der Waals surface area contributed by atoms with Crippen LogP contribution in [0.4, 0.5) is 0 Å². The molecule has 0 aliphatic heterocycles. The molecular formula is C18H28O. The Hall–Kier alpha value is -1.11. The third-order valence-electron chi connectivity index (χ3n) is 3.89. The average molecular weight is 260 g/mol. The van der Waals surface area contributed by atoms with Gasteiger partial charge in [0.2, 0.25) is 0 Å². The summed E-state index contributed by atoms with van der Waals surface area (Å²) in [5, 5.41) is 0. The van der Waals surface area contributed by atoms with Gasteiger partial charge in [0, 0.05) is 5.92 Å². The molecular weight excluding hydrogens is 232 g/mol. The summed E-state index contributed by atoms with van der Waals surface area (Å²) in [6, 6.07) is 0. The van der Waals surface area contributed by atoms with Crippen LogP contribution in [0.15, 0.2) is 35.5 Å². The van der Waals surface area contributed by atoms with E-state index in [0.29, 0.717) is 11.7 Å². The highest BCUT2D eigenvalue weighted by atomic mass is 16.1. The smallest absolute Gasteiger partial charge is 0.133 e. The van der Waals surface area contributed by atoms with Crippen molar-refractivity contribution >= 4 is 5.78 Å². The molecule has 0 N–H and O–H groups in total. The minimum Gasteiger partial charge on any atom is -0.300 e. The zero-order chi connectivity index (χ0) is 14.4. The van der Waals surface area contributed by atoms with Crippen LogP contribution in [-0.2, 0) is 4.79 Å². The summed E-state index contributed by atoms with van der Waals surface area (Å²) in [4.78, 5) is 11.2. The minimum atomic E-state index is 0.287. The van der Waals surface area contributed by atoms with Crippen molar-refractivity contribution in [2.24, 2.45) is 11.8 Å². The second kappa shape index (κ2) is 7.47. The molecule has 0 radical (unpaired) electrons. The van der Waals surface area contributed by atoms with E-state index in [0.717, 1.165) is 32.1 Å². The predicted molar refractivity (Wildman–Crippen MR) is 83.1 cm³/mol. The Bertz CT molecular complexity index is 394. The lowest BCUT2D eigenvalue weighted by Crippen LogP contribution is -1.96. The molecule has 0 amide bonds. The molecule has 1 aliphatic carbocycles. The third kappa shape index (κ3) is 6.04. The fourth-order valence-corrected chi connectivity index (χ4v) is 2.48. The quantitative estimate of drug-likeness (QED) is 0.545. The molecule has 1 heteroatoms. The van der Waals surface area contributed by atoms with Crippen molar-refractivity contribution in [2.75, 3.05) is 0 Å². The molecule has 1 rings (SSSR count). The standard InChI is InChI=1S/C18H28O/c1-13(2)8-6-9-14(3)10-7-11-15(4)17-12-18(17)16(5)19/h8,10,17-18H,4,6-7,9,11-12H2,1-3,5H3. The summed E-state index contributed by atoms with van der Waals surface area (Å²) in [6.07, 6.45) is 10.1. The van der Waals surface area contributed by atoms with E-state index in [-0.39, 0.29) is 5.92 Å². The Labute approximate surface area is 118 Å². The van der Waals surface area contributed by atoms with Gasteiger partial charge in [0.1, 0.15) is 5.78 Å². The number of carbonyl (C=O) groups is 1. The molecule has 1 fully saturated rings. The molecule has 19 heavy (non-hydrogen) atoms. The Kier molecular flexibility index (Phi) is 6.27. The molecule has 0 heterocycles. The molecule has 0 saturated heterocycles. The number of rotatable bonds is 8. The molecule has 0 aromatic carbocycles. The van der Waals surface area contributed by atoms with Crippen molar-refractivity contribution in [1.82, 2.24) is 0 Å². The largest absolute Gasteiger partial charge is 0.300 e. The van der Waals surface area contributed by atoms with Crippen LogP contribution in [0.5, 0.6) is 0 Å². The van der Waals surface area contributed by atoms with Crippen LogP contribution in [0.3, 0.4) is 0 Å². The first-order chi connectivity index (χ1) is 8.91. The van der Waals surface area contributed by atoms with Crippen molar-refractivity contribution in [2.45, 2.75) is 59.8 Å². The Balaban J connectivity index is 2.20. The Morgan fingerprint density at radius 1 is 1.05 bits per heavy atom. The first-order valence-corrected chi connectivity index (χ1v) is 7.39. The molecule has 2 atom stereocenters. The van der Waals surface area contributed by atoms with Gasteiger partial charge in [0.15, 0.2) is 0 Å².